The number of aliphatic hydroxyl groups excluding tert-OH is 2. The van der Waals surface area contributed by atoms with Gasteiger partial charge in [0, 0.05) is 42.2 Å². The van der Waals surface area contributed by atoms with Gasteiger partial charge in [-0.3, -0.25) is 0 Å². The van der Waals surface area contributed by atoms with E-state index < -0.39 is 24.1 Å². The molecule has 2 rings (SSSR count). The molecule has 0 spiro atoms. The Morgan fingerprint density at radius 3 is 1.43 bits per heavy atom. The molecular weight excluding hydrogens is 504 g/mol. The van der Waals surface area contributed by atoms with Gasteiger partial charge in [-0.25, -0.2) is 9.59 Å². The molecule has 2 aromatic carbocycles. The van der Waals surface area contributed by atoms with Crippen LogP contribution in [0.3, 0.4) is 0 Å². The summed E-state index contributed by atoms with van der Waals surface area (Å²) < 4.78 is 10.0. The number of carbonyl (C=O) groups is 2. The van der Waals surface area contributed by atoms with Crippen molar-refractivity contribution in [2.24, 2.45) is 0 Å². The Bertz CT molecular complexity index is 958. The highest BCUT2D eigenvalue weighted by Gasteiger charge is 2.15. The van der Waals surface area contributed by atoms with Gasteiger partial charge in [-0.05, 0) is 38.1 Å². The molecule has 0 saturated heterocycles. The molecule has 0 aromatic heterocycles. The first-order valence-corrected chi connectivity index (χ1v) is 13.6. The van der Waals surface area contributed by atoms with E-state index in [0.29, 0.717) is 22.7 Å². The summed E-state index contributed by atoms with van der Waals surface area (Å²) in [7, 11) is 0. The van der Waals surface area contributed by atoms with Crippen LogP contribution in [0, 0.1) is 0 Å². The molecule has 2 N–H and O–H groups in total. The smallest absolute Gasteiger partial charge is 0.333 e. The van der Waals surface area contributed by atoms with E-state index in [9.17, 15) is 19.8 Å². The normalized spacial score (nSPS) is 12.5. The van der Waals surface area contributed by atoms with Gasteiger partial charge in [-0.2, -0.15) is 0 Å². The molecule has 35 heavy (non-hydrogen) atoms. The third kappa shape index (κ3) is 10.5. The summed E-state index contributed by atoms with van der Waals surface area (Å²) in [6.45, 7) is 10.0. The van der Waals surface area contributed by atoms with E-state index in [1.54, 1.807) is 25.6 Å². The van der Waals surface area contributed by atoms with Crippen molar-refractivity contribution in [2.45, 2.75) is 45.6 Å². The van der Waals surface area contributed by atoms with Crippen LogP contribution in [0.15, 0.2) is 92.4 Å². The van der Waals surface area contributed by atoms with E-state index in [-0.39, 0.29) is 13.2 Å². The number of rotatable bonds is 14. The number of esters is 2. The van der Waals surface area contributed by atoms with Crippen LogP contribution in [0.25, 0.3) is 0 Å². The number of carbonyl (C=O) groups excluding carboxylic acids is 2. The average Bonchev–Trinajstić information content (AvgIpc) is 2.84. The lowest BCUT2D eigenvalue weighted by Crippen LogP contribution is -2.21. The van der Waals surface area contributed by atoms with Gasteiger partial charge in [0.15, 0.2) is 0 Å². The number of hydrogen-bond donors (Lipinski definition) is 2. The molecule has 2 atom stereocenters. The number of hydrogen-bond acceptors (Lipinski definition) is 9. The lowest BCUT2D eigenvalue weighted by atomic mass is 10.3. The van der Waals surface area contributed by atoms with Gasteiger partial charge in [0.1, 0.15) is 13.2 Å². The van der Waals surface area contributed by atoms with Crippen molar-refractivity contribution in [1.82, 2.24) is 0 Å². The van der Waals surface area contributed by atoms with E-state index >= 15 is 0 Å². The maximum Gasteiger partial charge on any atom is 0.333 e. The van der Waals surface area contributed by atoms with Crippen LogP contribution in [0.4, 0.5) is 0 Å². The Balaban J connectivity index is 1.96. The first-order chi connectivity index (χ1) is 16.7. The van der Waals surface area contributed by atoms with Gasteiger partial charge in [-0.1, -0.05) is 49.2 Å². The summed E-state index contributed by atoms with van der Waals surface area (Å²) in [5.74, 6) is -0.296. The Hall–Kier alpha value is -2.17. The molecule has 0 fully saturated rings. The lowest BCUT2D eigenvalue weighted by Gasteiger charge is -2.15. The predicted octanol–water partition coefficient (Wildman–Crippen LogP) is 4.98. The summed E-state index contributed by atoms with van der Waals surface area (Å²) in [6.07, 6.45) is -1.60. The predicted molar refractivity (Wildman–Crippen MR) is 142 cm³/mol. The molecule has 0 amide bonds. The quantitative estimate of drug-likeness (QED) is 0.198. The third-order valence-electron chi connectivity index (χ3n) is 4.29. The van der Waals surface area contributed by atoms with E-state index in [2.05, 4.69) is 13.2 Å². The molecule has 0 aliphatic rings. The van der Waals surface area contributed by atoms with Gasteiger partial charge in [0.05, 0.1) is 12.2 Å². The van der Waals surface area contributed by atoms with E-state index in [4.69, 9.17) is 9.47 Å². The second-order valence-corrected chi connectivity index (χ2v) is 10.9. The standard InChI is InChI=1S/C26H30O6S3/c1-17(2)25(29)31-13-19(27)15-33-21-9-5-7-11-23(21)35-24-12-8-6-10-22(24)34-16-20(28)14-32-26(30)18(3)4/h5-12,19-20,27-28H,1,3,13-16H2,2,4H3. The average molecular weight is 535 g/mol. The number of aliphatic hydroxyl groups is 2. The Morgan fingerprint density at radius 1 is 0.743 bits per heavy atom. The molecule has 0 aliphatic heterocycles. The summed E-state index contributed by atoms with van der Waals surface area (Å²) >= 11 is 4.56. The molecule has 188 valence electrons. The zero-order valence-electron chi connectivity index (χ0n) is 19.8. The van der Waals surface area contributed by atoms with Crippen LogP contribution < -0.4 is 0 Å². The first kappa shape index (κ1) is 29.1. The van der Waals surface area contributed by atoms with E-state index in [0.717, 1.165) is 19.6 Å². The fraction of sp³-hybridized carbons (Fsp3) is 0.308. The van der Waals surface area contributed by atoms with Crippen LogP contribution in [0.1, 0.15) is 13.8 Å². The van der Waals surface area contributed by atoms with Crippen molar-refractivity contribution in [3.8, 4) is 0 Å². The number of ether oxygens (including phenoxy) is 2. The Kier molecular flexibility index (Phi) is 12.5. The highest BCUT2D eigenvalue weighted by molar-refractivity contribution is 8.03. The fourth-order valence-electron chi connectivity index (χ4n) is 2.48. The van der Waals surface area contributed by atoms with Crippen molar-refractivity contribution >= 4 is 47.2 Å². The van der Waals surface area contributed by atoms with E-state index in [1.807, 2.05) is 48.5 Å². The largest absolute Gasteiger partial charge is 0.460 e. The van der Waals surface area contributed by atoms with Crippen molar-refractivity contribution < 1.29 is 29.3 Å². The Morgan fingerprint density at radius 2 is 1.09 bits per heavy atom. The van der Waals surface area contributed by atoms with Gasteiger partial charge >= 0.3 is 11.9 Å². The van der Waals surface area contributed by atoms with Gasteiger partial charge < -0.3 is 19.7 Å². The minimum absolute atomic E-state index is 0.0858. The van der Waals surface area contributed by atoms with Gasteiger partial charge in [0.25, 0.3) is 0 Å². The SMILES string of the molecule is C=C(C)C(=O)OCC(O)CSc1ccccc1Sc1ccccc1SCC(O)COC(=O)C(=C)C. The van der Waals surface area contributed by atoms with Gasteiger partial charge in [-0.15, -0.1) is 23.5 Å². The summed E-state index contributed by atoms with van der Waals surface area (Å²) in [6, 6.07) is 15.7. The molecule has 6 nitrogen and oxygen atoms in total. The van der Waals surface area contributed by atoms with Crippen LogP contribution in [-0.2, 0) is 19.1 Å². The van der Waals surface area contributed by atoms with E-state index in [1.165, 1.54) is 23.5 Å². The van der Waals surface area contributed by atoms with Crippen LogP contribution in [-0.4, -0.2) is 59.1 Å². The van der Waals surface area contributed by atoms with Crippen LogP contribution in [0.2, 0.25) is 0 Å². The first-order valence-electron chi connectivity index (χ1n) is 10.8. The third-order valence-corrected chi connectivity index (χ3v) is 8.14. The summed E-state index contributed by atoms with van der Waals surface area (Å²) in [5.41, 5.74) is 0.590. The second-order valence-electron chi connectivity index (χ2n) is 7.68. The molecule has 2 aromatic rings. The summed E-state index contributed by atoms with van der Waals surface area (Å²) in [5, 5.41) is 20.4. The molecule has 0 saturated carbocycles. The summed E-state index contributed by atoms with van der Waals surface area (Å²) in [4.78, 5) is 27.1. The zero-order chi connectivity index (χ0) is 25.8. The van der Waals surface area contributed by atoms with Crippen molar-refractivity contribution in [1.29, 1.82) is 0 Å². The minimum Gasteiger partial charge on any atom is -0.460 e. The van der Waals surface area contributed by atoms with Crippen LogP contribution >= 0.6 is 35.3 Å². The topological polar surface area (TPSA) is 93.1 Å². The fourth-order valence-corrected chi connectivity index (χ4v) is 5.66. The molecular formula is C26H30O6S3. The molecule has 0 bridgehead atoms. The Labute approximate surface area is 219 Å². The number of thioether (sulfide) groups is 2. The maximum absolute atomic E-state index is 11.5. The van der Waals surface area contributed by atoms with Crippen molar-refractivity contribution in [2.75, 3.05) is 24.7 Å². The lowest BCUT2D eigenvalue weighted by molar-refractivity contribution is -0.142. The number of benzene rings is 2. The van der Waals surface area contributed by atoms with Crippen molar-refractivity contribution in [3.05, 3.63) is 72.8 Å². The molecule has 0 aliphatic carbocycles. The highest BCUT2D eigenvalue weighted by Crippen LogP contribution is 2.40. The monoisotopic (exact) mass is 534 g/mol. The van der Waals surface area contributed by atoms with Crippen LogP contribution in [0.5, 0.6) is 0 Å². The molecule has 9 heteroatoms. The molecule has 0 radical (unpaired) electrons. The molecule has 0 heterocycles. The van der Waals surface area contributed by atoms with Gasteiger partial charge in [0.2, 0.25) is 0 Å². The second kappa shape index (κ2) is 15.1. The minimum atomic E-state index is -0.801. The molecule has 2 unspecified atom stereocenters. The van der Waals surface area contributed by atoms with Crippen molar-refractivity contribution in [3.63, 3.8) is 0 Å². The maximum atomic E-state index is 11.5. The highest BCUT2D eigenvalue weighted by atomic mass is 32.2. The zero-order valence-corrected chi connectivity index (χ0v) is 22.2.